The van der Waals surface area contributed by atoms with Crippen LogP contribution in [-0.2, 0) is 6.54 Å². The van der Waals surface area contributed by atoms with Crippen LogP contribution in [0.1, 0.15) is 41.6 Å². The van der Waals surface area contributed by atoms with Crippen molar-refractivity contribution < 1.29 is 37.3 Å². The van der Waals surface area contributed by atoms with Crippen molar-refractivity contribution >= 4 is 23.6 Å². The quantitative estimate of drug-likeness (QED) is 0.413. The highest BCUT2D eigenvalue weighted by Gasteiger charge is 2.29. The van der Waals surface area contributed by atoms with Gasteiger partial charge in [-0.2, -0.15) is 28.1 Å². The van der Waals surface area contributed by atoms with E-state index in [2.05, 4.69) is 25.6 Å². The number of rotatable bonds is 3. The predicted octanol–water partition coefficient (Wildman–Crippen LogP) is 5.20. The van der Waals surface area contributed by atoms with E-state index >= 15 is 0 Å². The van der Waals surface area contributed by atoms with Crippen LogP contribution >= 0.6 is 0 Å². The molecule has 4 rings (SSSR count). The molecule has 1 aliphatic rings. The maximum absolute atomic E-state index is 12.8. The van der Waals surface area contributed by atoms with Crippen LogP contribution in [0.2, 0.25) is 0 Å². The molecule has 202 valence electrons. The molecule has 10 nitrogen and oxygen atoms in total. The van der Waals surface area contributed by atoms with Gasteiger partial charge in [-0.25, -0.2) is 4.79 Å². The fourth-order valence-corrected chi connectivity index (χ4v) is 3.61. The second kappa shape index (κ2) is 12.3. The third kappa shape index (κ3) is 7.85. The number of hydrogen-bond acceptors (Lipinski definition) is 9. The molecule has 3 aromatic rings. The topological polar surface area (TPSA) is 128 Å². The molecule has 0 amide bonds. The number of carboxylic acids is 1. The predicted molar refractivity (Wildman–Crippen MR) is 131 cm³/mol. The number of halogens is 3. The highest BCUT2D eigenvalue weighted by atomic mass is 19.4. The molecule has 0 aliphatic carbocycles. The Labute approximate surface area is 216 Å². The maximum atomic E-state index is 12.8. The zero-order valence-corrected chi connectivity index (χ0v) is 20.3. The number of nitrogens with one attached hydrogen (secondary N) is 2. The average Bonchev–Trinajstić information content (AvgIpc) is 2.87. The number of carboxylic acid groups (broad SMARTS) is 1. The van der Waals surface area contributed by atoms with Crippen molar-refractivity contribution in [1.82, 2.24) is 15.0 Å². The van der Waals surface area contributed by atoms with E-state index in [1.54, 1.807) is 0 Å². The van der Waals surface area contributed by atoms with E-state index in [4.69, 9.17) is 14.2 Å². The Morgan fingerprint density at radius 3 is 2.39 bits per heavy atom. The van der Waals surface area contributed by atoms with Gasteiger partial charge in [0.15, 0.2) is 6.61 Å². The Morgan fingerprint density at radius 1 is 0.947 bits per heavy atom. The number of anilines is 3. The van der Waals surface area contributed by atoms with Gasteiger partial charge >= 0.3 is 18.2 Å². The van der Waals surface area contributed by atoms with Gasteiger partial charge in [-0.15, -0.1) is 0 Å². The lowest BCUT2D eigenvalue weighted by molar-refractivity contribution is -0.154. The summed E-state index contributed by atoms with van der Waals surface area (Å²) in [4.78, 5) is 23.8. The number of aromatic nitrogens is 3. The molecular weight excluding hydrogens is 507 g/mol. The van der Waals surface area contributed by atoms with Gasteiger partial charge in [-0.05, 0) is 43.9 Å². The summed E-state index contributed by atoms with van der Waals surface area (Å²) in [5, 5.41) is 15.4. The van der Waals surface area contributed by atoms with Crippen molar-refractivity contribution in [3.05, 3.63) is 53.6 Å². The molecule has 38 heavy (non-hydrogen) atoms. The Bertz CT molecular complexity index is 1260. The van der Waals surface area contributed by atoms with Crippen LogP contribution in [0, 0.1) is 0 Å². The summed E-state index contributed by atoms with van der Waals surface area (Å²) >= 11 is 0. The van der Waals surface area contributed by atoms with E-state index in [0.717, 1.165) is 24.8 Å². The number of alkyl halides is 3. The average molecular weight is 534 g/mol. The first kappa shape index (κ1) is 26.8. The number of carbonyl (C=O) groups is 1. The molecule has 1 aromatic heterocycles. The first-order chi connectivity index (χ1) is 18.3. The summed E-state index contributed by atoms with van der Waals surface area (Å²) in [6, 6.07) is 11.1. The van der Waals surface area contributed by atoms with Gasteiger partial charge in [-0.3, -0.25) is 0 Å². The van der Waals surface area contributed by atoms with Crippen LogP contribution in [0.5, 0.6) is 17.5 Å². The van der Waals surface area contributed by atoms with Crippen molar-refractivity contribution in [2.75, 3.05) is 30.5 Å². The van der Waals surface area contributed by atoms with Crippen LogP contribution in [0.3, 0.4) is 0 Å². The lowest BCUT2D eigenvalue weighted by atomic mass is 10.1. The summed E-state index contributed by atoms with van der Waals surface area (Å²) in [7, 11) is 0. The standard InChI is InChI=1S/C25H26F3N5O5/c26-25(27,28)15-38-24-32-22-29-14-16-7-3-4-8-19(16)36-11-5-1-2-6-12-37-20-13-17(30-23(31-22)33-24)9-10-18(20)21(34)35/h3-4,7-10,13H,1-2,5-6,11-12,14-15H2,(H,34,35)(H2,29,30,31,32,33). The van der Waals surface area contributed by atoms with Gasteiger partial charge in [0.2, 0.25) is 11.9 Å². The molecule has 0 unspecified atom stereocenters. The lowest BCUT2D eigenvalue weighted by Crippen LogP contribution is -2.21. The Kier molecular flexibility index (Phi) is 8.66. The van der Waals surface area contributed by atoms with Gasteiger partial charge < -0.3 is 30.0 Å². The van der Waals surface area contributed by atoms with E-state index < -0.39 is 24.8 Å². The summed E-state index contributed by atoms with van der Waals surface area (Å²) in [6.45, 7) is -0.553. The van der Waals surface area contributed by atoms with Crippen LogP contribution < -0.4 is 24.8 Å². The minimum Gasteiger partial charge on any atom is -0.493 e. The van der Waals surface area contributed by atoms with Gasteiger partial charge in [0.1, 0.15) is 17.1 Å². The first-order valence-corrected chi connectivity index (χ1v) is 11.9. The Balaban J connectivity index is 1.66. The molecule has 0 atom stereocenters. The summed E-state index contributed by atoms with van der Waals surface area (Å²) in [5.41, 5.74) is 1.14. The maximum Gasteiger partial charge on any atom is 0.422 e. The van der Waals surface area contributed by atoms with Crippen LogP contribution in [0.4, 0.5) is 30.8 Å². The van der Waals surface area contributed by atoms with E-state index in [-0.39, 0.29) is 29.8 Å². The molecule has 4 bridgehead atoms. The van der Waals surface area contributed by atoms with E-state index in [1.165, 1.54) is 18.2 Å². The number of fused-ring (bicyclic) bond motifs is 5. The summed E-state index contributed by atoms with van der Waals surface area (Å²) in [5.74, 6) is -0.502. The second-order valence-corrected chi connectivity index (χ2v) is 8.38. The highest BCUT2D eigenvalue weighted by molar-refractivity contribution is 5.91. The smallest absolute Gasteiger partial charge is 0.422 e. The monoisotopic (exact) mass is 533 g/mol. The number of hydrogen-bond donors (Lipinski definition) is 3. The SMILES string of the molecule is O=C(O)c1ccc2cc1OCCCCCCOc1ccccc1CNc1nc(nc(OCC(F)(F)F)n1)N2. The molecule has 2 aromatic carbocycles. The Hall–Kier alpha value is -4.29. The molecule has 13 heteroatoms. The van der Waals surface area contributed by atoms with Crippen molar-refractivity contribution in [1.29, 1.82) is 0 Å². The molecule has 2 heterocycles. The lowest BCUT2D eigenvalue weighted by Gasteiger charge is -2.14. The third-order valence-electron chi connectivity index (χ3n) is 5.41. The molecule has 1 aliphatic heterocycles. The minimum absolute atomic E-state index is 0.0280. The van der Waals surface area contributed by atoms with Crippen molar-refractivity contribution in [3.8, 4) is 17.5 Å². The minimum atomic E-state index is -4.59. The van der Waals surface area contributed by atoms with Gasteiger partial charge in [-0.1, -0.05) is 18.2 Å². The second-order valence-electron chi connectivity index (χ2n) is 8.38. The van der Waals surface area contributed by atoms with Crippen LogP contribution in [0.25, 0.3) is 0 Å². The number of nitrogens with zero attached hydrogens (tertiary/aromatic N) is 3. The normalized spacial score (nSPS) is 14.6. The third-order valence-corrected chi connectivity index (χ3v) is 5.41. The molecule has 3 N–H and O–H groups in total. The highest BCUT2D eigenvalue weighted by Crippen LogP contribution is 2.27. The van der Waals surface area contributed by atoms with E-state index in [0.29, 0.717) is 31.1 Å². The molecular formula is C25H26F3N5O5. The number of benzene rings is 2. The van der Waals surface area contributed by atoms with Gasteiger partial charge in [0.05, 0.1) is 13.2 Å². The largest absolute Gasteiger partial charge is 0.493 e. The van der Waals surface area contributed by atoms with Crippen molar-refractivity contribution in [2.45, 2.75) is 38.4 Å². The van der Waals surface area contributed by atoms with Crippen LogP contribution in [-0.4, -0.2) is 52.0 Å². The van der Waals surface area contributed by atoms with Crippen molar-refractivity contribution in [2.24, 2.45) is 0 Å². The van der Waals surface area contributed by atoms with Crippen LogP contribution in [0.15, 0.2) is 42.5 Å². The number of para-hydroxylation sites is 1. The molecule has 0 saturated heterocycles. The number of ether oxygens (including phenoxy) is 3. The van der Waals surface area contributed by atoms with E-state index in [1.807, 2.05) is 24.3 Å². The number of aromatic carboxylic acids is 1. The molecule has 0 radical (unpaired) electrons. The first-order valence-electron chi connectivity index (χ1n) is 11.9. The fraction of sp³-hybridized carbons (Fsp3) is 0.360. The molecule has 0 spiro atoms. The Morgan fingerprint density at radius 2 is 1.66 bits per heavy atom. The van der Waals surface area contributed by atoms with Gasteiger partial charge in [0, 0.05) is 23.9 Å². The fourth-order valence-electron chi connectivity index (χ4n) is 3.61. The zero-order valence-electron chi connectivity index (χ0n) is 20.3. The zero-order chi connectivity index (χ0) is 27.0. The summed E-state index contributed by atoms with van der Waals surface area (Å²) < 4.78 is 54.7. The van der Waals surface area contributed by atoms with E-state index in [9.17, 15) is 23.1 Å². The molecule has 0 fully saturated rings. The molecule has 0 saturated carbocycles. The summed E-state index contributed by atoms with van der Waals surface area (Å²) in [6.07, 6.45) is -1.28. The van der Waals surface area contributed by atoms with Crippen molar-refractivity contribution in [3.63, 3.8) is 0 Å². The van der Waals surface area contributed by atoms with Gasteiger partial charge in [0.25, 0.3) is 0 Å².